The van der Waals surface area contributed by atoms with Crippen molar-refractivity contribution in [3.63, 3.8) is 0 Å². The molecular weight excluding hydrogens is 223 g/mol. The van der Waals surface area contributed by atoms with Gasteiger partial charge in [0, 0.05) is 4.47 Å². The van der Waals surface area contributed by atoms with Crippen LogP contribution in [0, 0.1) is 5.92 Å². The topological polar surface area (TPSA) is 0 Å². The van der Waals surface area contributed by atoms with E-state index >= 15 is 0 Å². The van der Waals surface area contributed by atoms with Gasteiger partial charge in [-0.15, -0.1) is 0 Å². The maximum atomic E-state index is 6.28. The van der Waals surface area contributed by atoms with Crippen molar-refractivity contribution in [1.82, 2.24) is 0 Å². The van der Waals surface area contributed by atoms with Gasteiger partial charge >= 0.3 is 0 Å². The van der Waals surface area contributed by atoms with Crippen LogP contribution in [0.4, 0.5) is 0 Å². The molecule has 13 heavy (non-hydrogen) atoms. The Bertz CT molecular complexity index is 298. The Balaban J connectivity index is 2.28. The zero-order valence-electron chi connectivity index (χ0n) is 7.76. The SMILES string of the molecule is [B][C@@](C)(c1ccc(Br)cc1)C1CC1. The summed E-state index contributed by atoms with van der Waals surface area (Å²) in [5.74, 6) is 0.689. The molecule has 2 heteroatoms. The van der Waals surface area contributed by atoms with Crippen molar-refractivity contribution in [1.29, 1.82) is 0 Å². The monoisotopic (exact) mass is 234 g/mol. The van der Waals surface area contributed by atoms with E-state index in [-0.39, 0.29) is 5.31 Å². The highest BCUT2D eigenvalue weighted by Crippen LogP contribution is 2.45. The fourth-order valence-electron chi connectivity index (χ4n) is 1.73. The Morgan fingerprint density at radius 2 is 1.85 bits per heavy atom. The third kappa shape index (κ3) is 1.83. The maximum Gasteiger partial charge on any atom is 0.0810 e. The van der Waals surface area contributed by atoms with Gasteiger partial charge in [0.25, 0.3) is 0 Å². The Labute approximate surface area is 89.3 Å². The van der Waals surface area contributed by atoms with E-state index in [0.29, 0.717) is 5.92 Å². The molecule has 0 heterocycles. The van der Waals surface area contributed by atoms with E-state index in [9.17, 15) is 0 Å². The first-order chi connectivity index (χ1) is 6.10. The van der Waals surface area contributed by atoms with Crippen molar-refractivity contribution < 1.29 is 0 Å². The van der Waals surface area contributed by atoms with Crippen LogP contribution in [-0.2, 0) is 5.31 Å². The third-order valence-corrected chi connectivity index (χ3v) is 3.42. The first-order valence-corrected chi connectivity index (χ1v) is 5.45. The van der Waals surface area contributed by atoms with Crippen LogP contribution in [-0.4, -0.2) is 7.85 Å². The second kappa shape index (κ2) is 3.16. The van der Waals surface area contributed by atoms with E-state index < -0.39 is 0 Å². The van der Waals surface area contributed by atoms with Crippen LogP contribution in [0.1, 0.15) is 25.3 Å². The Morgan fingerprint density at radius 3 is 2.31 bits per heavy atom. The van der Waals surface area contributed by atoms with E-state index in [1.165, 1.54) is 18.4 Å². The molecule has 2 radical (unpaired) electrons. The van der Waals surface area contributed by atoms with Crippen molar-refractivity contribution in [2.24, 2.45) is 5.92 Å². The van der Waals surface area contributed by atoms with Crippen LogP contribution in [0.2, 0.25) is 0 Å². The Hall–Kier alpha value is -0.235. The molecule has 1 aliphatic carbocycles. The molecule has 1 fully saturated rings. The number of hydrogen-bond acceptors (Lipinski definition) is 0. The van der Waals surface area contributed by atoms with Crippen molar-refractivity contribution >= 4 is 23.8 Å². The van der Waals surface area contributed by atoms with Gasteiger partial charge in [-0.05, 0) is 23.4 Å². The smallest absolute Gasteiger partial charge is 0.0634 e. The molecule has 0 spiro atoms. The van der Waals surface area contributed by atoms with E-state index in [1.54, 1.807) is 0 Å². The first-order valence-electron chi connectivity index (χ1n) is 4.65. The van der Waals surface area contributed by atoms with Gasteiger partial charge in [0.1, 0.15) is 0 Å². The van der Waals surface area contributed by atoms with Crippen LogP contribution >= 0.6 is 15.9 Å². The molecule has 0 nitrogen and oxygen atoms in total. The molecule has 2 rings (SSSR count). The molecule has 0 bridgehead atoms. The lowest BCUT2D eigenvalue weighted by Crippen LogP contribution is -2.24. The minimum absolute atomic E-state index is 0.124. The fraction of sp³-hybridized carbons (Fsp3) is 0.455. The fourth-order valence-corrected chi connectivity index (χ4v) is 1.99. The summed E-state index contributed by atoms with van der Waals surface area (Å²) in [6.07, 6.45) is 2.56. The number of halogens is 1. The summed E-state index contributed by atoms with van der Waals surface area (Å²) in [6.45, 7) is 2.13. The van der Waals surface area contributed by atoms with Gasteiger partial charge in [0.15, 0.2) is 0 Å². The summed E-state index contributed by atoms with van der Waals surface area (Å²) >= 11 is 3.42. The van der Waals surface area contributed by atoms with E-state index in [2.05, 4.69) is 47.1 Å². The van der Waals surface area contributed by atoms with Gasteiger partial charge in [-0.3, -0.25) is 0 Å². The standard InChI is InChI=1S/C11H12BBr/c1-11(12,8-2-3-8)9-4-6-10(13)7-5-9/h4-8H,2-3H2,1H3/t11-/m1/s1. The van der Waals surface area contributed by atoms with Crippen molar-refractivity contribution in [2.45, 2.75) is 25.1 Å². The molecule has 0 unspecified atom stereocenters. The predicted octanol–water partition coefficient (Wildman–Crippen LogP) is 3.24. The van der Waals surface area contributed by atoms with Crippen LogP contribution in [0.5, 0.6) is 0 Å². The number of benzene rings is 1. The van der Waals surface area contributed by atoms with Crippen molar-refractivity contribution in [2.75, 3.05) is 0 Å². The molecule has 1 aromatic carbocycles. The molecule has 0 aromatic heterocycles. The molecule has 1 atom stereocenters. The first kappa shape index (κ1) is 9.33. The highest BCUT2D eigenvalue weighted by atomic mass is 79.9. The van der Waals surface area contributed by atoms with Crippen LogP contribution in [0.3, 0.4) is 0 Å². The van der Waals surface area contributed by atoms with Gasteiger partial charge < -0.3 is 0 Å². The molecular formula is C11H12BBr. The van der Waals surface area contributed by atoms with Gasteiger partial charge in [-0.25, -0.2) is 0 Å². The third-order valence-electron chi connectivity index (χ3n) is 2.89. The predicted molar refractivity (Wildman–Crippen MR) is 60.0 cm³/mol. The van der Waals surface area contributed by atoms with Gasteiger partial charge in [-0.1, -0.05) is 53.4 Å². The van der Waals surface area contributed by atoms with E-state index in [1.807, 2.05) is 0 Å². The lowest BCUT2D eigenvalue weighted by molar-refractivity contribution is 0.585. The Morgan fingerprint density at radius 1 is 1.31 bits per heavy atom. The maximum absolute atomic E-state index is 6.28. The van der Waals surface area contributed by atoms with Crippen molar-refractivity contribution in [3.8, 4) is 0 Å². The average Bonchev–Trinajstić information content (AvgIpc) is 2.87. The number of hydrogen-bond donors (Lipinski definition) is 0. The van der Waals surface area contributed by atoms with Crippen LogP contribution in [0.25, 0.3) is 0 Å². The lowest BCUT2D eigenvalue weighted by atomic mass is 9.62. The zero-order chi connectivity index (χ0) is 9.47. The van der Waals surface area contributed by atoms with Gasteiger partial charge in [-0.2, -0.15) is 0 Å². The quantitative estimate of drug-likeness (QED) is 0.690. The van der Waals surface area contributed by atoms with Crippen LogP contribution < -0.4 is 0 Å². The minimum atomic E-state index is -0.124. The minimum Gasteiger partial charge on any atom is -0.0634 e. The summed E-state index contributed by atoms with van der Waals surface area (Å²) in [5.41, 5.74) is 1.25. The molecule has 0 N–H and O–H groups in total. The molecule has 0 saturated heterocycles. The molecule has 0 aliphatic heterocycles. The zero-order valence-corrected chi connectivity index (χ0v) is 9.34. The largest absolute Gasteiger partial charge is 0.0810 e. The molecule has 1 aromatic rings. The highest BCUT2D eigenvalue weighted by Gasteiger charge is 2.37. The summed E-state index contributed by atoms with van der Waals surface area (Å²) in [5, 5.41) is -0.124. The second-order valence-electron chi connectivity index (χ2n) is 4.06. The van der Waals surface area contributed by atoms with Gasteiger partial charge in [0.2, 0.25) is 0 Å². The van der Waals surface area contributed by atoms with Gasteiger partial charge in [0.05, 0.1) is 7.85 Å². The molecule has 0 amide bonds. The van der Waals surface area contributed by atoms with Crippen molar-refractivity contribution in [3.05, 3.63) is 34.3 Å². The average molecular weight is 235 g/mol. The summed E-state index contributed by atoms with van der Waals surface area (Å²) in [6, 6.07) is 8.34. The lowest BCUT2D eigenvalue weighted by Gasteiger charge is -2.25. The number of rotatable bonds is 2. The summed E-state index contributed by atoms with van der Waals surface area (Å²) in [4.78, 5) is 0. The van der Waals surface area contributed by atoms with E-state index in [0.717, 1.165) is 4.47 Å². The normalized spacial score (nSPS) is 21.1. The molecule has 1 saturated carbocycles. The van der Waals surface area contributed by atoms with E-state index in [4.69, 9.17) is 7.85 Å². The van der Waals surface area contributed by atoms with Crippen LogP contribution in [0.15, 0.2) is 28.7 Å². The molecule has 66 valence electrons. The summed E-state index contributed by atoms with van der Waals surface area (Å²) in [7, 11) is 6.28. The summed E-state index contributed by atoms with van der Waals surface area (Å²) < 4.78 is 1.11. The second-order valence-corrected chi connectivity index (χ2v) is 4.98. The highest BCUT2D eigenvalue weighted by molar-refractivity contribution is 9.10. The molecule has 1 aliphatic rings. The Kier molecular flexibility index (Phi) is 2.27.